The van der Waals surface area contributed by atoms with E-state index in [0.29, 0.717) is 13.0 Å². The Balaban J connectivity index is 2.02. The standard InChI is InChI=1S/C16H22F2N2O2/c1-4-22-13-8-16(19,15(13,2)3)14(21)20-9-10-7-11(17)5-6-12(10)18/h5-7,13H,4,8-9,19H2,1-3H3,(H,20,21). The van der Waals surface area contributed by atoms with E-state index in [0.717, 1.165) is 18.2 Å². The molecule has 2 atom stereocenters. The first kappa shape index (κ1) is 16.8. The molecule has 3 N–H and O–H groups in total. The minimum atomic E-state index is -1.07. The molecule has 0 spiro atoms. The number of benzene rings is 1. The van der Waals surface area contributed by atoms with Gasteiger partial charge < -0.3 is 15.8 Å². The zero-order valence-electron chi connectivity index (χ0n) is 13.1. The molecular formula is C16H22F2N2O2. The molecule has 0 saturated heterocycles. The average Bonchev–Trinajstić information content (AvgIpc) is 2.47. The summed E-state index contributed by atoms with van der Waals surface area (Å²) < 4.78 is 32.2. The van der Waals surface area contributed by atoms with Gasteiger partial charge in [0.05, 0.1) is 6.10 Å². The highest BCUT2D eigenvalue weighted by Gasteiger charge is 2.62. The summed E-state index contributed by atoms with van der Waals surface area (Å²) in [5, 5.41) is 2.60. The molecule has 0 bridgehead atoms. The summed E-state index contributed by atoms with van der Waals surface area (Å²) in [5.74, 6) is -1.49. The van der Waals surface area contributed by atoms with E-state index in [1.165, 1.54) is 0 Å². The number of nitrogens with one attached hydrogen (secondary N) is 1. The summed E-state index contributed by atoms with van der Waals surface area (Å²) in [4.78, 5) is 12.4. The number of halogens is 2. The van der Waals surface area contributed by atoms with E-state index in [4.69, 9.17) is 10.5 Å². The van der Waals surface area contributed by atoms with Crippen molar-refractivity contribution in [2.45, 2.75) is 45.4 Å². The molecule has 2 unspecified atom stereocenters. The second kappa shape index (κ2) is 5.93. The van der Waals surface area contributed by atoms with Gasteiger partial charge in [0.1, 0.15) is 17.2 Å². The lowest BCUT2D eigenvalue weighted by Crippen LogP contribution is -2.75. The van der Waals surface area contributed by atoms with Gasteiger partial charge in [-0.15, -0.1) is 0 Å². The van der Waals surface area contributed by atoms with E-state index in [-0.39, 0.29) is 24.1 Å². The van der Waals surface area contributed by atoms with E-state index in [9.17, 15) is 13.6 Å². The molecular weight excluding hydrogens is 290 g/mol. The highest BCUT2D eigenvalue weighted by atomic mass is 19.1. The number of ether oxygens (including phenoxy) is 1. The summed E-state index contributed by atoms with van der Waals surface area (Å²) in [6, 6.07) is 3.13. The monoisotopic (exact) mass is 312 g/mol. The Hall–Kier alpha value is -1.53. The molecule has 1 amide bonds. The molecule has 0 heterocycles. The predicted octanol–water partition coefficient (Wildman–Crippen LogP) is 2.11. The number of nitrogens with two attached hydrogens (primary N) is 1. The van der Waals surface area contributed by atoms with E-state index in [2.05, 4.69) is 5.32 Å². The fourth-order valence-electron chi connectivity index (χ4n) is 2.83. The zero-order chi connectivity index (χ0) is 16.5. The van der Waals surface area contributed by atoms with Crippen LogP contribution in [0.2, 0.25) is 0 Å². The molecule has 0 aliphatic heterocycles. The molecule has 2 rings (SSSR count). The quantitative estimate of drug-likeness (QED) is 0.875. The molecule has 1 aromatic rings. The Morgan fingerprint density at radius 3 is 2.73 bits per heavy atom. The maximum atomic E-state index is 13.6. The SMILES string of the molecule is CCOC1CC(N)(C(=O)NCc2cc(F)ccc2F)C1(C)C. The van der Waals surface area contributed by atoms with E-state index in [1.54, 1.807) is 0 Å². The molecule has 1 aliphatic rings. The van der Waals surface area contributed by atoms with Gasteiger partial charge in [0.25, 0.3) is 0 Å². The first-order valence-corrected chi connectivity index (χ1v) is 7.35. The minimum Gasteiger partial charge on any atom is -0.378 e. The first-order chi connectivity index (χ1) is 10.2. The minimum absolute atomic E-state index is 0.0841. The average molecular weight is 312 g/mol. The van der Waals surface area contributed by atoms with Crippen LogP contribution in [0.15, 0.2) is 18.2 Å². The van der Waals surface area contributed by atoms with Gasteiger partial charge in [0.2, 0.25) is 5.91 Å². The summed E-state index contributed by atoms with van der Waals surface area (Å²) in [6.07, 6.45) is 0.324. The smallest absolute Gasteiger partial charge is 0.241 e. The van der Waals surface area contributed by atoms with Crippen LogP contribution in [0.3, 0.4) is 0 Å². The van der Waals surface area contributed by atoms with Crippen LogP contribution < -0.4 is 11.1 Å². The lowest BCUT2D eigenvalue weighted by atomic mass is 9.54. The Labute approximate surface area is 129 Å². The molecule has 1 fully saturated rings. The molecule has 0 aromatic heterocycles. The van der Waals surface area contributed by atoms with Crippen LogP contribution in [-0.4, -0.2) is 24.2 Å². The van der Waals surface area contributed by atoms with Gasteiger partial charge in [-0.1, -0.05) is 13.8 Å². The fourth-order valence-corrected chi connectivity index (χ4v) is 2.83. The highest BCUT2D eigenvalue weighted by molar-refractivity contribution is 5.88. The largest absolute Gasteiger partial charge is 0.378 e. The van der Waals surface area contributed by atoms with Crippen molar-refractivity contribution in [3.05, 3.63) is 35.4 Å². The van der Waals surface area contributed by atoms with Crippen molar-refractivity contribution in [2.75, 3.05) is 6.61 Å². The molecule has 1 aromatic carbocycles. The van der Waals surface area contributed by atoms with Gasteiger partial charge in [-0.3, -0.25) is 4.79 Å². The van der Waals surface area contributed by atoms with Crippen molar-refractivity contribution >= 4 is 5.91 Å². The number of amides is 1. The second-order valence-corrected chi connectivity index (χ2v) is 6.26. The maximum absolute atomic E-state index is 13.6. The summed E-state index contributed by atoms with van der Waals surface area (Å²) >= 11 is 0. The van der Waals surface area contributed by atoms with Crippen LogP contribution in [0.4, 0.5) is 8.78 Å². The second-order valence-electron chi connectivity index (χ2n) is 6.26. The van der Waals surface area contributed by atoms with Crippen LogP contribution in [0.1, 0.15) is 32.8 Å². The Morgan fingerprint density at radius 2 is 2.14 bits per heavy atom. The third-order valence-electron chi connectivity index (χ3n) is 4.68. The lowest BCUT2D eigenvalue weighted by Gasteiger charge is -2.57. The predicted molar refractivity (Wildman–Crippen MR) is 78.9 cm³/mol. The van der Waals surface area contributed by atoms with Crippen LogP contribution in [-0.2, 0) is 16.1 Å². The number of carbonyl (C=O) groups is 1. The molecule has 1 aliphatic carbocycles. The summed E-state index contributed by atoms with van der Waals surface area (Å²) in [7, 11) is 0. The van der Waals surface area contributed by atoms with E-state index in [1.807, 2.05) is 20.8 Å². The van der Waals surface area contributed by atoms with Gasteiger partial charge in [-0.25, -0.2) is 8.78 Å². The number of carbonyl (C=O) groups excluding carboxylic acids is 1. The van der Waals surface area contributed by atoms with E-state index >= 15 is 0 Å². The van der Waals surface area contributed by atoms with Crippen molar-refractivity contribution in [3.8, 4) is 0 Å². The van der Waals surface area contributed by atoms with Crippen molar-refractivity contribution in [2.24, 2.45) is 11.1 Å². The molecule has 1 saturated carbocycles. The third kappa shape index (κ3) is 2.73. The summed E-state index contributed by atoms with van der Waals surface area (Å²) in [6.45, 7) is 6.09. The molecule has 122 valence electrons. The number of hydrogen-bond acceptors (Lipinski definition) is 3. The maximum Gasteiger partial charge on any atom is 0.241 e. The van der Waals surface area contributed by atoms with Gasteiger partial charge in [-0.2, -0.15) is 0 Å². The van der Waals surface area contributed by atoms with Crippen LogP contribution in [0.25, 0.3) is 0 Å². The number of rotatable bonds is 5. The fraction of sp³-hybridized carbons (Fsp3) is 0.562. The topological polar surface area (TPSA) is 64.3 Å². The Morgan fingerprint density at radius 1 is 1.45 bits per heavy atom. The van der Waals surface area contributed by atoms with Crippen molar-refractivity contribution in [1.82, 2.24) is 5.32 Å². The molecule has 0 radical (unpaired) electrons. The van der Waals surface area contributed by atoms with E-state index < -0.39 is 22.6 Å². The van der Waals surface area contributed by atoms with Crippen molar-refractivity contribution in [3.63, 3.8) is 0 Å². The van der Waals surface area contributed by atoms with Gasteiger partial charge >= 0.3 is 0 Å². The molecule has 6 heteroatoms. The lowest BCUT2D eigenvalue weighted by molar-refractivity contribution is -0.170. The third-order valence-corrected chi connectivity index (χ3v) is 4.68. The summed E-state index contributed by atoms with van der Waals surface area (Å²) in [5.41, 5.74) is 4.72. The van der Waals surface area contributed by atoms with Crippen LogP contribution in [0.5, 0.6) is 0 Å². The van der Waals surface area contributed by atoms with Gasteiger partial charge in [0.15, 0.2) is 0 Å². The van der Waals surface area contributed by atoms with Crippen molar-refractivity contribution in [1.29, 1.82) is 0 Å². The Bertz CT molecular complexity index is 577. The zero-order valence-corrected chi connectivity index (χ0v) is 13.1. The van der Waals surface area contributed by atoms with Crippen LogP contribution in [0, 0.1) is 17.0 Å². The highest BCUT2D eigenvalue weighted by Crippen LogP contribution is 2.49. The normalized spacial score (nSPS) is 26.4. The van der Waals surface area contributed by atoms with Crippen molar-refractivity contribution < 1.29 is 18.3 Å². The van der Waals surface area contributed by atoms with Crippen LogP contribution >= 0.6 is 0 Å². The first-order valence-electron chi connectivity index (χ1n) is 7.35. The number of hydrogen-bond donors (Lipinski definition) is 2. The van der Waals surface area contributed by atoms with Gasteiger partial charge in [0, 0.05) is 30.6 Å². The Kier molecular flexibility index (Phi) is 4.54. The molecule has 22 heavy (non-hydrogen) atoms. The molecule has 4 nitrogen and oxygen atoms in total. The van der Waals surface area contributed by atoms with Gasteiger partial charge in [-0.05, 0) is 25.1 Å².